The van der Waals surface area contributed by atoms with Gasteiger partial charge in [-0.05, 0) is 0 Å². The number of rotatable bonds is 3. The summed E-state index contributed by atoms with van der Waals surface area (Å²) in [7, 11) is 0. The molecule has 2 radical (unpaired) electrons. The summed E-state index contributed by atoms with van der Waals surface area (Å²) in [4.78, 5) is 3.97. The van der Waals surface area contributed by atoms with E-state index in [0.717, 1.165) is 0 Å². The van der Waals surface area contributed by atoms with E-state index in [1.165, 1.54) is 0 Å². The molecule has 0 bridgehead atoms. The van der Waals surface area contributed by atoms with Crippen molar-refractivity contribution in [3.63, 3.8) is 0 Å². The van der Waals surface area contributed by atoms with E-state index in [9.17, 15) is 13.2 Å². The second kappa shape index (κ2) is 4.80. The maximum absolute atomic E-state index is 11.7. The van der Waals surface area contributed by atoms with Crippen molar-refractivity contribution in [2.75, 3.05) is 6.61 Å². The summed E-state index contributed by atoms with van der Waals surface area (Å²) in [5.74, 6) is 0. The van der Waals surface area contributed by atoms with Gasteiger partial charge in [0.1, 0.15) is 0 Å². The second-order valence-corrected chi connectivity index (χ2v) is 3.56. The van der Waals surface area contributed by atoms with E-state index in [2.05, 4.69) is 26.6 Å². The van der Waals surface area contributed by atoms with Crippen LogP contribution in [0.25, 0.3) is 0 Å². The van der Waals surface area contributed by atoms with E-state index in [1.54, 1.807) is 18.2 Å². The number of nitrogens with zero attached hydrogens (tertiary/aromatic N) is 1. The summed E-state index contributed by atoms with van der Waals surface area (Å²) in [5, 5.41) is 0. The number of aromatic nitrogens is 1. The van der Waals surface area contributed by atoms with Gasteiger partial charge in [-0.15, -0.1) is 0 Å². The van der Waals surface area contributed by atoms with Gasteiger partial charge >= 0.3 is 87.5 Å². The molecule has 1 aromatic heterocycles. The second-order valence-electron chi connectivity index (χ2n) is 2.60. The molecule has 0 spiro atoms. The molecule has 2 nitrogen and oxygen atoms in total. The number of alkyl halides is 3. The van der Waals surface area contributed by atoms with Crippen molar-refractivity contribution in [2.24, 2.45) is 0 Å². The average molecular weight is 265 g/mol. The molecule has 0 aliphatic carbocycles. The van der Waals surface area contributed by atoms with Gasteiger partial charge in [0, 0.05) is 0 Å². The van der Waals surface area contributed by atoms with Gasteiger partial charge in [0.25, 0.3) is 0 Å². The topological polar surface area (TPSA) is 22.1 Å². The summed E-state index contributed by atoms with van der Waals surface area (Å²) in [6, 6.07) is 5.08. The fourth-order valence-electron chi connectivity index (χ4n) is 0.819. The SMILES string of the molecule is FC(F)(F)COCc1cccc([As])n1. The van der Waals surface area contributed by atoms with E-state index >= 15 is 0 Å². The molecular formula is C8H7AsF3NO. The van der Waals surface area contributed by atoms with Gasteiger partial charge in [-0.3, -0.25) is 0 Å². The van der Waals surface area contributed by atoms with E-state index in [0.29, 0.717) is 10.2 Å². The third-order valence-corrected chi connectivity index (χ3v) is 1.83. The number of halogens is 3. The molecular weight excluding hydrogens is 258 g/mol. The van der Waals surface area contributed by atoms with Crippen molar-refractivity contribution < 1.29 is 17.9 Å². The Morgan fingerprint density at radius 1 is 1.36 bits per heavy atom. The Labute approximate surface area is 88.0 Å². The molecule has 0 N–H and O–H groups in total. The standard InChI is InChI=1S/C8H7AsF3NO/c9-7-3-1-2-6(13-7)4-14-5-8(10,11)12/h1-3H,4-5H2. The van der Waals surface area contributed by atoms with Crippen molar-refractivity contribution in [1.29, 1.82) is 0 Å². The molecule has 0 amide bonds. The third-order valence-electron chi connectivity index (χ3n) is 1.31. The van der Waals surface area contributed by atoms with Gasteiger partial charge in [0.15, 0.2) is 0 Å². The molecule has 0 atom stereocenters. The van der Waals surface area contributed by atoms with Gasteiger partial charge < -0.3 is 0 Å². The van der Waals surface area contributed by atoms with Crippen LogP contribution in [0.15, 0.2) is 18.2 Å². The molecule has 1 aromatic rings. The Morgan fingerprint density at radius 2 is 2.07 bits per heavy atom. The molecule has 1 heterocycles. The zero-order valence-electron chi connectivity index (χ0n) is 7.08. The quantitative estimate of drug-likeness (QED) is 0.759. The predicted octanol–water partition coefficient (Wildman–Crippen LogP) is 0.954. The fourth-order valence-corrected chi connectivity index (χ4v) is 1.27. The maximum atomic E-state index is 11.7. The van der Waals surface area contributed by atoms with Crippen molar-refractivity contribution in [1.82, 2.24) is 4.98 Å². The van der Waals surface area contributed by atoms with E-state index < -0.39 is 12.8 Å². The van der Waals surface area contributed by atoms with Gasteiger partial charge in [0.2, 0.25) is 0 Å². The van der Waals surface area contributed by atoms with E-state index in [1.807, 2.05) is 0 Å². The molecule has 6 heteroatoms. The van der Waals surface area contributed by atoms with Gasteiger partial charge in [-0.2, -0.15) is 0 Å². The summed E-state index contributed by atoms with van der Waals surface area (Å²) in [6.45, 7) is -1.36. The normalized spacial score (nSPS) is 11.7. The van der Waals surface area contributed by atoms with Crippen LogP contribution < -0.4 is 4.48 Å². The monoisotopic (exact) mass is 265 g/mol. The molecule has 0 aliphatic rings. The number of hydrogen-bond donors (Lipinski definition) is 0. The molecule has 0 aliphatic heterocycles. The summed E-state index contributed by atoms with van der Waals surface area (Å²) >= 11 is 2.22. The predicted molar refractivity (Wildman–Crippen MR) is 45.3 cm³/mol. The van der Waals surface area contributed by atoms with Crippen molar-refractivity contribution in [3.8, 4) is 0 Å². The minimum atomic E-state index is -4.28. The van der Waals surface area contributed by atoms with Crippen LogP contribution in [0, 0.1) is 0 Å². The molecule has 0 fully saturated rings. The first-order chi connectivity index (χ1) is 6.47. The van der Waals surface area contributed by atoms with Crippen LogP contribution in [0.1, 0.15) is 5.69 Å². The van der Waals surface area contributed by atoms with Crippen LogP contribution in [0.4, 0.5) is 13.2 Å². The first-order valence-corrected chi connectivity index (χ1v) is 4.70. The Kier molecular flexibility index (Phi) is 3.95. The first-order valence-electron chi connectivity index (χ1n) is 3.77. The zero-order valence-corrected chi connectivity index (χ0v) is 8.96. The van der Waals surface area contributed by atoms with Crippen LogP contribution in [0.2, 0.25) is 0 Å². The first kappa shape index (κ1) is 11.5. The van der Waals surface area contributed by atoms with Crippen LogP contribution in [-0.2, 0) is 11.3 Å². The van der Waals surface area contributed by atoms with Crippen LogP contribution >= 0.6 is 0 Å². The van der Waals surface area contributed by atoms with Crippen LogP contribution in [0.5, 0.6) is 0 Å². The zero-order chi connectivity index (χ0) is 10.6. The number of pyridine rings is 1. The van der Waals surface area contributed by atoms with Crippen molar-refractivity contribution in [2.45, 2.75) is 12.8 Å². The molecule has 0 saturated carbocycles. The summed E-state index contributed by atoms with van der Waals surface area (Å²) in [6.07, 6.45) is -4.28. The van der Waals surface area contributed by atoms with E-state index in [4.69, 9.17) is 0 Å². The minimum absolute atomic E-state index is 0.120. The van der Waals surface area contributed by atoms with Gasteiger partial charge in [0.05, 0.1) is 0 Å². The van der Waals surface area contributed by atoms with Crippen molar-refractivity contribution >= 4 is 21.3 Å². The molecule has 0 unspecified atom stereocenters. The Balaban J connectivity index is 2.39. The molecule has 0 saturated heterocycles. The van der Waals surface area contributed by atoms with E-state index in [-0.39, 0.29) is 6.61 Å². The fraction of sp³-hybridized carbons (Fsp3) is 0.375. The number of hydrogen-bond acceptors (Lipinski definition) is 2. The van der Waals surface area contributed by atoms with Gasteiger partial charge in [-0.25, -0.2) is 0 Å². The Hall–Kier alpha value is -0.542. The molecule has 76 valence electrons. The summed E-state index contributed by atoms with van der Waals surface area (Å²) < 4.78 is 40.2. The average Bonchev–Trinajstić information content (AvgIpc) is 2.01. The Morgan fingerprint density at radius 3 is 2.64 bits per heavy atom. The van der Waals surface area contributed by atoms with Crippen LogP contribution in [-0.4, -0.2) is 34.6 Å². The molecule has 1 rings (SSSR count). The third kappa shape index (κ3) is 4.63. The number of ether oxygens (including phenoxy) is 1. The van der Waals surface area contributed by atoms with Gasteiger partial charge in [-0.1, -0.05) is 0 Å². The summed E-state index contributed by atoms with van der Waals surface area (Å²) in [5.41, 5.74) is 0.493. The Bertz CT molecular complexity index is 303. The van der Waals surface area contributed by atoms with Crippen molar-refractivity contribution in [3.05, 3.63) is 23.9 Å². The molecule has 14 heavy (non-hydrogen) atoms. The molecule has 0 aromatic carbocycles. The van der Waals surface area contributed by atoms with Crippen LogP contribution in [0.3, 0.4) is 0 Å².